The number of anilines is 2. The van der Waals surface area contributed by atoms with Gasteiger partial charge in [-0.25, -0.2) is 4.39 Å². The van der Waals surface area contributed by atoms with Gasteiger partial charge in [0.2, 0.25) is 5.91 Å². The molecule has 0 aromatic heterocycles. The van der Waals surface area contributed by atoms with Crippen LogP contribution in [0.2, 0.25) is 0 Å². The lowest BCUT2D eigenvalue weighted by atomic mass is 10.2. The van der Waals surface area contributed by atoms with E-state index in [0.29, 0.717) is 22.7 Å². The van der Waals surface area contributed by atoms with E-state index in [1.54, 1.807) is 32.0 Å². The van der Waals surface area contributed by atoms with Crippen LogP contribution in [-0.2, 0) is 4.79 Å². The normalized spacial score (nSPS) is 10.4. The zero-order valence-corrected chi connectivity index (χ0v) is 13.7. The van der Waals surface area contributed by atoms with Crippen LogP contribution in [0, 0.1) is 11.7 Å². The molecular weight excluding hydrogens is 311 g/mol. The van der Waals surface area contributed by atoms with Crippen LogP contribution in [0.25, 0.3) is 0 Å². The number of hydrogen-bond acceptors (Lipinski definition) is 3. The Morgan fingerprint density at radius 2 is 1.71 bits per heavy atom. The van der Waals surface area contributed by atoms with E-state index in [-0.39, 0.29) is 17.7 Å². The number of nitrogens with one attached hydrogen (secondary N) is 2. The first kappa shape index (κ1) is 17.5. The molecule has 0 radical (unpaired) electrons. The summed E-state index contributed by atoms with van der Waals surface area (Å²) in [6, 6.07) is 10.2. The van der Waals surface area contributed by atoms with Gasteiger partial charge in [0.15, 0.2) is 0 Å². The fourth-order valence-corrected chi connectivity index (χ4v) is 1.95. The topological polar surface area (TPSA) is 67.4 Å². The second kappa shape index (κ2) is 7.59. The van der Waals surface area contributed by atoms with Gasteiger partial charge in [0.05, 0.1) is 12.8 Å². The summed E-state index contributed by atoms with van der Waals surface area (Å²) in [7, 11) is 1.48. The van der Waals surface area contributed by atoms with E-state index in [2.05, 4.69) is 10.6 Å². The monoisotopic (exact) mass is 330 g/mol. The first-order valence-corrected chi connectivity index (χ1v) is 7.46. The van der Waals surface area contributed by atoms with Gasteiger partial charge in [-0.3, -0.25) is 9.59 Å². The zero-order chi connectivity index (χ0) is 17.7. The van der Waals surface area contributed by atoms with E-state index >= 15 is 0 Å². The third-order valence-corrected chi connectivity index (χ3v) is 3.35. The summed E-state index contributed by atoms with van der Waals surface area (Å²) in [5, 5.41) is 5.46. The summed E-state index contributed by atoms with van der Waals surface area (Å²) in [4.78, 5) is 23.9. The van der Waals surface area contributed by atoms with Crippen LogP contribution in [0.1, 0.15) is 24.2 Å². The molecule has 0 heterocycles. The Bertz CT molecular complexity index is 742. The number of hydrogen-bond donors (Lipinski definition) is 2. The Morgan fingerprint density at radius 3 is 2.29 bits per heavy atom. The predicted octanol–water partition coefficient (Wildman–Crippen LogP) is 3.68. The maximum atomic E-state index is 12.9. The Hall–Kier alpha value is -2.89. The van der Waals surface area contributed by atoms with Crippen molar-refractivity contribution in [2.24, 2.45) is 5.92 Å². The molecule has 0 fully saturated rings. The molecule has 24 heavy (non-hydrogen) atoms. The number of methoxy groups -OCH3 is 1. The van der Waals surface area contributed by atoms with Crippen LogP contribution in [0.4, 0.5) is 15.8 Å². The van der Waals surface area contributed by atoms with Crippen LogP contribution in [-0.4, -0.2) is 18.9 Å². The van der Waals surface area contributed by atoms with Crippen molar-refractivity contribution in [2.75, 3.05) is 17.7 Å². The quantitative estimate of drug-likeness (QED) is 0.879. The van der Waals surface area contributed by atoms with Crippen molar-refractivity contribution in [3.05, 3.63) is 53.8 Å². The lowest BCUT2D eigenvalue weighted by Gasteiger charge is -2.13. The van der Waals surface area contributed by atoms with Gasteiger partial charge in [0, 0.05) is 23.2 Å². The molecule has 0 saturated heterocycles. The minimum atomic E-state index is -0.404. The number of benzene rings is 2. The molecule has 0 saturated carbocycles. The van der Waals surface area contributed by atoms with Crippen LogP contribution < -0.4 is 15.4 Å². The van der Waals surface area contributed by atoms with Gasteiger partial charge >= 0.3 is 0 Å². The fourth-order valence-electron chi connectivity index (χ4n) is 1.95. The summed E-state index contributed by atoms with van der Waals surface area (Å²) in [5.41, 5.74) is 1.37. The van der Waals surface area contributed by atoms with Crippen molar-refractivity contribution in [3.63, 3.8) is 0 Å². The van der Waals surface area contributed by atoms with Crippen molar-refractivity contribution in [2.45, 2.75) is 13.8 Å². The van der Waals surface area contributed by atoms with Crippen molar-refractivity contribution < 1.29 is 18.7 Å². The highest BCUT2D eigenvalue weighted by Crippen LogP contribution is 2.28. The minimum Gasteiger partial charge on any atom is -0.494 e. The van der Waals surface area contributed by atoms with Gasteiger partial charge in [-0.2, -0.15) is 0 Å². The second-order valence-electron chi connectivity index (χ2n) is 5.52. The highest BCUT2D eigenvalue weighted by molar-refractivity contribution is 6.04. The highest BCUT2D eigenvalue weighted by atomic mass is 19.1. The standard InChI is InChI=1S/C18H19FN2O3/c1-11(2)17(22)21-15-9-8-14(10-16(15)24-3)20-18(23)12-4-6-13(19)7-5-12/h4-11H,1-3H3,(H,20,23)(H,21,22). The van der Waals surface area contributed by atoms with Gasteiger partial charge < -0.3 is 15.4 Å². The zero-order valence-electron chi connectivity index (χ0n) is 13.7. The molecule has 2 amide bonds. The van der Waals surface area contributed by atoms with Crippen LogP contribution >= 0.6 is 0 Å². The lowest BCUT2D eigenvalue weighted by Crippen LogP contribution is -2.18. The van der Waals surface area contributed by atoms with Crippen LogP contribution in [0.3, 0.4) is 0 Å². The highest BCUT2D eigenvalue weighted by Gasteiger charge is 2.13. The molecule has 0 aliphatic heterocycles. The Balaban J connectivity index is 2.15. The summed E-state index contributed by atoms with van der Waals surface area (Å²) >= 11 is 0. The Morgan fingerprint density at radius 1 is 1.04 bits per heavy atom. The molecule has 0 spiro atoms. The van der Waals surface area contributed by atoms with E-state index in [1.807, 2.05) is 0 Å². The molecule has 2 rings (SSSR count). The van der Waals surface area contributed by atoms with Gasteiger partial charge in [-0.05, 0) is 36.4 Å². The molecule has 5 nitrogen and oxygen atoms in total. The smallest absolute Gasteiger partial charge is 0.255 e. The average molecular weight is 330 g/mol. The van der Waals surface area contributed by atoms with Gasteiger partial charge in [-0.15, -0.1) is 0 Å². The maximum Gasteiger partial charge on any atom is 0.255 e. The fraction of sp³-hybridized carbons (Fsp3) is 0.222. The average Bonchev–Trinajstić information content (AvgIpc) is 2.56. The minimum absolute atomic E-state index is 0.128. The summed E-state index contributed by atoms with van der Waals surface area (Å²) < 4.78 is 18.2. The number of rotatable bonds is 5. The molecule has 0 bridgehead atoms. The third kappa shape index (κ3) is 4.32. The number of halogens is 1. The van der Waals surface area contributed by atoms with E-state index in [1.165, 1.54) is 31.4 Å². The predicted molar refractivity (Wildman–Crippen MR) is 90.8 cm³/mol. The summed E-state index contributed by atoms with van der Waals surface area (Å²) in [5.74, 6) is -0.626. The van der Waals surface area contributed by atoms with Crippen molar-refractivity contribution in [1.29, 1.82) is 0 Å². The molecule has 2 aromatic rings. The number of amides is 2. The van der Waals surface area contributed by atoms with E-state index in [4.69, 9.17) is 4.74 Å². The van der Waals surface area contributed by atoms with Crippen molar-refractivity contribution in [3.8, 4) is 5.75 Å². The molecule has 0 aliphatic carbocycles. The van der Waals surface area contributed by atoms with Gasteiger partial charge in [0.1, 0.15) is 11.6 Å². The molecular formula is C18H19FN2O3. The van der Waals surface area contributed by atoms with Crippen molar-refractivity contribution in [1.82, 2.24) is 0 Å². The number of carbonyl (C=O) groups excluding carboxylic acids is 2. The van der Waals surface area contributed by atoms with E-state index in [0.717, 1.165) is 0 Å². The molecule has 0 aliphatic rings. The lowest BCUT2D eigenvalue weighted by molar-refractivity contribution is -0.118. The largest absolute Gasteiger partial charge is 0.494 e. The molecule has 126 valence electrons. The van der Waals surface area contributed by atoms with Crippen LogP contribution in [0.5, 0.6) is 5.75 Å². The molecule has 2 aromatic carbocycles. The Labute approximate surface area is 139 Å². The summed E-state index contributed by atoms with van der Waals surface area (Å²) in [6.07, 6.45) is 0. The molecule has 0 atom stereocenters. The molecule has 0 unspecified atom stereocenters. The van der Waals surface area contributed by atoms with E-state index in [9.17, 15) is 14.0 Å². The first-order chi connectivity index (χ1) is 11.4. The molecule has 6 heteroatoms. The van der Waals surface area contributed by atoms with Gasteiger partial charge in [-0.1, -0.05) is 13.8 Å². The van der Waals surface area contributed by atoms with Crippen molar-refractivity contribution >= 4 is 23.2 Å². The SMILES string of the molecule is COc1cc(NC(=O)c2ccc(F)cc2)ccc1NC(=O)C(C)C. The van der Waals surface area contributed by atoms with Gasteiger partial charge in [0.25, 0.3) is 5.91 Å². The number of ether oxygens (including phenoxy) is 1. The summed E-state index contributed by atoms with van der Waals surface area (Å²) in [6.45, 7) is 3.58. The second-order valence-corrected chi connectivity index (χ2v) is 5.52. The van der Waals surface area contributed by atoms with E-state index < -0.39 is 5.82 Å². The molecule has 2 N–H and O–H groups in total. The third-order valence-electron chi connectivity index (χ3n) is 3.35. The Kier molecular flexibility index (Phi) is 5.52. The maximum absolute atomic E-state index is 12.9. The van der Waals surface area contributed by atoms with Crippen LogP contribution in [0.15, 0.2) is 42.5 Å². The first-order valence-electron chi connectivity index (χ1n) is 7.46. The number of carbonyl (C=O) groups is 2.